The van der Waals surface area contributed by atoms with Crippen molar-refractivity contribution in [2.75, 3.05) is 7.11 Å². The Hall–Kier alpha value is -3.31. The number of rotatable bonds is 5. The lowest BCUT2D eigenvalue weighted by Gasteiger charge is -2.44. The van der Waals surface area contributed by atoms with Gasteiger partial charge in [-0.2, -0.15) is 13.2 Å². The van der Waals surface area contributed by atoms with Crippen molar-refractivity contribution in [3.63, 3.8) is 0 Å². The topological polar surface area (TPSA) is 101 Å². The first-order valence-electron chi connectivity index (χ1n) is 9.95. The summed E-state index contributed by atoms with van der Waals surface area (Å²) in [6, 6.07) is 12.3. The van der Waals surface area contributed by atoms with Crippen molar-refractivity contribution in [2.45, 2.75) is 17.9 Å². The van der Waals surface area contributed by atoms with E-state index in [4.69, 9.17) is 9.15 Å². The molecule has 34 heavy (non-hydrogen) atoms. The minimum atomic E-state index is -5.36. The molecule has 3 aromatic rings. The third-order valence-electron chi connectivity index (χ3n) is 5.53. The maximum absolute atomic E-state index is 14.0. The number of nitrogens with one attached hydrogen (secondary N) is 2. The molecule has 1 fully saturated rings. The molecule has 1 aliphatic heterocycles. The van der Waals surface area contributed by atoms with E-state index in [0.29, 0.717) is 17.1 Å². The number of methoxy groups -OCH3 is 1. The molecule has 4 rings (SSSR count). The lowest BCUT2D eigenvalue weighted by molar-refractivity contribution is -0.288. The number of aliphatic hydroxyl groups is 1. The number of hydrogen-bond donors (Lipinski definition) is 3. The Kier molecular flexibility index (Phi) is 6.17. The zero-order valence-corrected chi connectivity index (χ0v) is 19.1. The number of carbonyl (C=O) groups excluding carboxylic acids is 2. The van der Waals surface area contributed by atoms with Gasteiger partial charge in [0.1, 0.15) is 29.2 Å². The molecule has 0 bridgehead atoms. The average Bonchev–Trinajstić information content (AvgIpc) is 3.28. The Morgan fingerprint density at radius 2 is 1.74 bits per heavy atom. The molecule has 0 spiro atoms. The first kappa shape index (κ1) is 23.8. The van der Waals surface area contributed by atoms with Crippen LogP contribution in [0, 0.1) is 5.92 Å². The predicted molar refractivity (Wildman–Crippen MR) is 118 cm³/mol. The fraction of sp³-hybridized carbons (Fsp3) is 0.217. The minimum Gasteiger partial charge on any atom is -0.497 e. The maximum atomic E-state index is 14.0. The molecule has 0 unspecified atom stereocenters. The molecule has 3 N–H and O–H groups in total. The number of carbonyl (C=O) groups is 2. The van der Waals surface area contributed by atoms with Gasteiger partial charge in [-0.25, -0.2) is 4.79 Å². The Morgan fingerprint density at radius 1 is 1.09 bits per heavy atom. The van der Waals surface area contributed by atoms with Gasteiger partial charge in [0.15, 0.2) is 5.78 Å². The molecule has 178 valence electrons. The third-order valence-corrected chi connectivity index (χ3v) is 6.05. The highest BCUT2D eigenvalue weighted by Gasteiger charge is 2.66. The van der Waals surface area contributed by atoms with Gasteiger partial charge in [0.25, 0.3) is 0 Å². The molecule has 0 aliphatic carbocycles. The van der Waals surface area contributed by atoms with Crippen LogP contribution in [0.15, 0.2) is 69.6 Å². The summed E-state index contributed by atoms with van der Waals surface area (Å²) in [5, 5.41) is 14.5. The molecule has 1 aromatic heterocycles. The van der Waals surface area contributed by atoms with Crippen molar-refractivity contribution in [2.24, 2.45) is 5.92 Å². The van der Waals surface area contributed by atoms with E-state index >= 15 is 0 Å². The normalized spacial score (nSPS) is 22.6. The van der Waals surface area contributed by atoms with Crippen LogP contribution in [0.1, 0.15) is 22.2 Å². The number of ether oxygens (including phenoxy) is 1. The molecule has 11 heteroatoms. The van der Waals surface area contributed by atoms with Crippen molar-refractivity contribution in [3.05, 3.63) is 76.5 Å². The molecule has 1 saturated heterocycles. The fourth-order valence-electron chi connectivity index (χ4n) is 3.80. The lowest BCUT2D eigenvalue weighted by atomic mass is 9.79. The summed E-state index contributed by atoms with van der Waals surface area (Å²) in [5.41, 5.74) is -3.34. The molecular formula is C23H18BrF3N2O5. The number of furan rings is 1. The van der Waals surface area contributed by atoms with E-state index in [1.807, 2.05) is 0 Å². The van der Waals surface area contributed by atoms with Crippen LogP contribution in [-0.4, -0.2) is 35.9 Å². The molecule has 2 heterocycles. The van der Waals surface area contributed by atoms with E-state index in [0.717, 1.165) is 4.47 Å². The summed E-state index contributed by atoms with van der Waals surface area (Å²) >= 11 is 3.31. The largest absolute Gasteiger partial charge is 0.497 e. The maximum Gasteiger partial charge on any atom is 0.437 e. The van der Waals surface area contributed by atoms with E-state index in [1.165, 1.54) is 48.8 Å². The monoisotopic (exact) mass is 538 g/mol. The number of benzene rings is 2. The standard InChI is InChI=1S/C23H18BrF3N2O5/c1-33-15-8-4-13(5-9-15)20(30)18-19(28-21(31)29-22(18,32)23(25,26)27)17-11-10-16(34-17)12-2-6-14(24)7-3-12/h2-11,18-19,32H,1H3,(H2,28,29,31)/t18-,19-,22-/m0/s1. The quantitative estimate of drug-likeness (QED) is 0.404. The number of alkyl halides is 3. The molecule has 0 radical (unpaired) electrons. The van der Waals surface area contributed by atoms with E-state index < -0.39 is 35.7 Å². The number of halogens is 4. The molecule has 7 nitrogen and oxygen atoms in total. The van der Waals surface area contributed by atoms with Gasteiger partial charge in [0.05, 0.1) is 7.11 Å². The fourth-order valence-corrected chi connectivity index (χ4v) is 4.06. The highest BCUT2D eigenvalue weighted by Crippen LogP contribution is 2.44. The van der Waals surface area contributed by atoms with Gasteiger partial charge in [-0.1, -0.05) is 28.1 Å². The summed E-state index contributed by atoms with van der Waals surface area (Å²) in [4.78, 5) is 25.5. The number of ketones is 1. The highest BCUT2D eigenvalue weighted by atomic mass is 79.9. The Bertz CT molecular complexity index is 1210. The summed E-state index contributed by atoms with van der Waals surface area (Å²) in [6.07, 6.45) is -5.36. The van der Waals surface area contributed by atoms with Crippen LogP contribution in [0.4, 0.5) is 18.0 Å². The van der Waals surface area contributed by atoms with Crippen LogP contribution in [0.2, 0.25) is 0 Å². The molecule has 2 aromatic carbocycles. The smallest absolute Gasteiger partial charge is 0.437 e. The second-order valence-corrected chi connectivity index (χ2v) is 8.54. The van der Waals surface area contributed by atoms with Gasteiger partial charge >= 0.3 is 12.2 Å². The van der Waals surface area contributed by atoms with Crippen molar-refractivity contribution in [1.29, 1.82) is 0 Å². The number of urea groups is 1. The van der Waals surface area contributed by atoms with Crippen LogP contribution >= 0.6 is 15.9 Å². The van der Waals surface area contributed by atoms with Gasteiger partial charge in [0, 0.05) is 15.6 Å². The zero-order chi connectivity index (χ0) is 24.7. The van der Waals surface area contributed by atoms with Crippen molar-refractivity contribution >= 4 is 27.7 Å². The van der Waals surface area contributed by atoms with Crippen LogP contribution in [0.5, 0.6) is 5.75 Å². The van der Waals surface area contributed by atoms with Crippen LogP contribution < -0.4 is 15.4 Å². The molecule has 2 amide bonds. The number of Topliss-reactive ketones (excluding diaryl/α,β-unsaturated/α-hetero) is 1. The molecule has 3 atom stereocenters. The van der Waals surface area contributed by atoms with Crippen molar-refractivity contribution < 1.29 is 37.0 Å². The van der Waals surface area contributed by atoms with Gasteiger partial charge in [0.2, 0.25) is 5.72 Å². The number of amides is 2. The van der Waals surface area contributed by atoms with E-state index in [1.54, 1.807) is 24.3 Å². The van der Waals surface area contributed by atoms with Gasteiger partial charge in [-0.3, -0.25) is 4.79 Å². The van der Waals surface area contributed by atoms with E-state index in [2.05, 4.69) is 21.2 Å². The van der Waals surface area contributed by atoms with Gasteiger partial charge in [-0.15, -0.1) is 0 Å². The van der Waals surface area contributed by atoms with Crippen LogP contribution in [0.3, 0.4) is 0 Å². The summed E-state index contributed by atoms with van der Waals surface area (Å²) in [6.45, 7) is 0. The SMILES string of the molecule is COc1ccc(C(=O)[C@@H]2[C@H](c3ccc(-c4ccc(Br)cc4)o3)NC(=O)N[C@@]2(O)C(F)(F)F)cc1. The minimum absolute atomic E-state index is 0.115. The first-order chi connectivity index (χ1) is 16.0. The first-order valence-corrected chi connectivity index (χ1v) is 10.7. The second-order valence-electron chi connectivity index (χ2n) is 7.62. The summed E-state index contributed by atoms with van der Waals surface area (Å²) in [7, 11) is 1.40. The van der Waals surface area contributed by atoms with E-state index in [-0.39, 0.29) is 11.3 Å². The molecule has 1 aliphatic rings. The van der Waals surface area contributed by atoms with Crippen molar-refractivity contribution in [1.82, 2.24) is 10.6 Å². The predicted octanol–water partition coefficient (Wildman–Crippen LogP) is 4.82. The third kappa shape index (κ3) is 4.28. The zero-order valence-electron chi connectivity index (χ0n) is 17.5. The Balaban J connectivity index is 1.79. The van der Waals surface area contributed by atoms with E-state index in [9.17, 15) is 27.9 Å². The van der Waals surface area contributed by atoms with Crippen LogP contribution in [0.25, 0.3) is 11.3 Å². The van der Waals surface area contributed by atoms with Crippen molar-refractivity contribution in [3.8, 4) is 17.1 Å². The highest BCUT2D eigenvalue weighted by molar-refractivity contribution is 9.10. The van der Waals surface area contributed by atoms with Crippen LogP contribution in [-0.2, 0) is 0 Å². The molecule has 0 saturated carbocycles. The van der Waals surface area contributed by atoms with Gasteiger partial charge < -0.3 is 24.9 Å². The lowest BCUT2D eigenvalue weighted by Crippen LogP contribution is -2.72. The van der Waals surface area contributed by atoms with Gasteiger partial charge in [-0.05, 0) is 48.5 Å². The summed E-state index contributed by atoms with van der Waals surface area (Å²) in [5.74, 6) is -2.67. The summed E-state index contributed by atoms with van der Waals surface area (Å²) < 4.78 is 53.7. The number of hydrogen-bond acceptors (Lipinski definition) is 5. The average molecular weight is 539 g/mol. The Labute approximate surface area is 200 Å². The Morgan fingerprint density at radius 3 is 2.32 bits per heavy atom. The second kappa shape index (κ2) is 8.80. The molecular weight excluding hydrogens is 521 g/mol.